The second-order valence-corrected chi connectivity index (χ2v) is 5.14. The van der Waals surface area contributed by atoms with Crippen molar-refractivity contribution in [1.29, 1.82) is 0 Å². The van der Waals surface area contributed by atoms with Crippen molar-refractivity contribution in [3.8, 4) is 5.75 Å². The van der Waals surface area contributed by atoms with Gasteiger partial charge in [-0.05, 0) is 29.7 Å². The van der Waals surface area contributed by atoms with Crippen molar-refractivity contribution in [1.82, 2.24) is 5.32 Å². The largest absolute Gasteiger partial charge is 0.508 e. The molecular formula is C17H19NO2. The summed E-state index contributed by atoms with van der Waals surface area (Å²) >= 11 is 0. The van der Waals surface area contributed by atoms with Crippen molar-refractivity contribution in [3.05, 3.63) is 65.7 Å². The van der Waals surface area contributed by atoms with Crippen molar-refractivity contribution in [3.63, 3.8) is 0 Å². The van der Waals surface area contributed by atoms with Crippen LogP contribution in [0.2, 0.25) is 0 Å². The van der Waals surface area contributed by atoms with E-state index in [1.807, 2.05) is 18.2 Å². The summed E-state index contributed by atoms with van der Waals surface area (Å²) in [5.41, 5.74) is 2.44. The minimum absolute atomic E-state index is 0.156. The molecule has 3 rings (SSSR count). The molecule has 0 amide bonds. The number of benzene rings is 2. The quantitative estimate of drug-likeness (QED) is 0.879. The Hall–Kier alpha value is -1.84. The maximum atomic E-state index is 9.39. The van der Waals surface area contributed by atoms with E-state index in [0.29, 0.717) is 18.4 Å². The third-order valence-corrected chi connectivity index (χ3v) is 3.74. The molecule has 0 radical (unpaired) electrons. The molecule has 1 heterocycles. The average molecular weight is 269 g/mol. The molecule has 0 aliphatic carbocycles. The van der Waals surface area contributed by atoms with Gasteiger partial charge in [0.05, 0.1) is 12.6 Å². The second kappa shape index (κ2) is 6.07. The normalized spacial score (nSPS) is 23.2. The number of hydrogen-bond acceptors (Lipinski definition) is 3. The van der Waals surface area contributed by atoms with Crippen LogP contribution in [0.1, 0.15) is 29.6 Å². The van der Waals surface area contributed by atoms with Gasteiger partial charge < -0.3 is 15.2 Å². The van der Waals surface area contributed by atoms with Gasteiger partial charge in [-0.25, -0.2) is 0 Å². The molecule has 2 aromatic rings. The third kappa shape index (κ3) is 3.00. The molecule has 1 saturated heterocycles. The zero-order valence-corrected chi connectivity index (χ0v) is 11.3. The van der Waals surface area contributed by atoms with Crippen LogP contribution < -0.4 is 5.32 Å². The molecule has 0 unspecified atom stereocenters. The van der Waals surface area contributed by atoms with Crippen LogP contribution >= 0.6 is 0 Å². The SMILES string of the molecule is Oc1ccc([C@H]2COCC[C@@H](c3ccccc3)N2)cc1. The van der Waals surface area contributed by atoms with Gasteiger partial charge in [-0.1, -0.05) is 42.5 Å². The Kier molecular flexibility index (Phi) is 4.00. The van der Waals surface area contributed by atoms with E-state index in [0.717, 1.165) is 18.6 Å². The lowest BCUT2D eigenvalue weighted by molar-refractivity contribution is 0.131. The van der Waals surface area contributed by atoms with E-state index in [4.69, 9.17) is 4.74 Å². The van der Waals surface area contributed by atoms with E-state index in [9.17, 15) is 5.11 Å². The Morgan fingerprint density at radius 3 is 2.35 bits per heavy atom. The van der Waals surface area contributed by atoms with E-state index in [-0.39, 0.29) is 6.04 Å². The van der Waals surface area contributed by atoms with Crippen molar-refractivity contribution in [2.45, 2.75) is 18.5 Å². The Morgan fingerprint density at radius 1 is 0.900 bits per heavy atom. The van der Waals surface area contributed by atoms with Gasteiger partial charge in [-0.2, -0.15) is 0 Å². The number of hydrogen-bond donors (Lipinski definition) is 2. The molecule has 2 aromatic carbocycles. The molecule has 3 nitrogen and oxygen atoms in total. The zero-order valence-electron chi connectivity index (χ0n) is 11.3. The molecule has 0 spiro atoms. The molecular weight excluding hydrogens is 250 g/mol. The van der Waals surface area contributed by atoms with E-state index >= 15 is 0 Å². The van der Waals surface area contributed by atoms with Crippen molar-refractivity contribution >= 4 is 0 Å². The van der Waals surface area contributed by atoms with E-state index in [1.165, 1.54) is 5.56 Å². The fraction of sp³-hybridized carbons (Fsp3) is 0.294. The fourth-order valence-electron chi connectivity index (χ4n) is 2.62. The van der Waals surface area contributed by atoms with Crippen LogP contribution in [0.5, 0.6) is 5.75 Å². The molecule has 1 aliphatic rings. The summed E-state index contributed by atoms with van der Waals surface area (Å²) in [5.74, 6) is 0.294. The van der Waals surface area contributed by atoms with Crippen LogP contribution in [0.15, 0.2) is 54.6 Å². The van der Waals surface area contributed by atoms with Crippen molar-refractivity contribution in [2.75, 3.05) is 13.2 Å². The zero-order chi connectivity index (χ0) is 13.8. The monoisotopic (exact) mass is 269 g/mol. The maximum Gasteiger partial charge on any atom is 0.115 e. The van der Waals surface area contributed by atoms with Crippen LogP contribution in [0.4, 0.5) is 0 Å². The summed E-state index contributed by atoms with van der Waals surface area (Å²) in [5, 5.41) is 13.1. The Morgan fingerprint density at radius 2 is 1.60 bits per heavy atom. The fourth-order valence-corrected chi connectivity index (χ4v) is 2.62. The summed E-state index contributed by atoms with van der Waals surface area (Å²) in [4.78, 5) is 0. The Labute approximate surface area is 119 Å². The predicted molar refractivity (Wildman–Crippen MR) is 78.6 cm³/mol. The standard InChI is InChI=1S/C17H19NO2/c19-15-8-6-14(7-9-15)17-12-20-11-10-16(18-17)13-4-2-1-3-5-13/h1-9,16-19H,10-12H2/t16-,17+/m0/s1. The molecule has 1 fully saturated rings. The Balaban J connectivity index is 1.80. The number of aromatic hydroxyl groups is 1. The molecule has 104 valence electrons. The molecule has 3 heteroatoms. The maximum absolute atomic E-state index is 9.39. The van der Waals surface area contributed by atoms with Gasteiger partial charge in [0.2, 0.25) is 0 Å². The smallest absolute Gasteiger partial charge is 0.115 e. The lowest BCUT2D eigenvalue weighted by Crippen LogP contribution is -2.26. The number of phenolic OH excluding ortho intramolecular Hbond substituents is 1. The lowest BCUT2D eigenvalue weighted by Gasteiger charge is -2.22. The van der Waals surface area contributed by atoms with Gasteiger partial charge in [0.15, 0.2) is 0 Å². The number of phenols is 1. The van der Waals surface area contributed by atoms with Crippen LogP contribution in [0.25, 0.3) is 0 Å². The number of rotatable bonds is 2. The highest BCUT2D eigenvalue weighted by Crippen LogP contribution is 2.26. The number of nitrogens with one attached hydrogen (secondary N) is 1. The van der Waals surface area contributed by atoms with Gasteiger partial charge in [-0.15, -0.1) is 0 Å². The molecule has 2 N–H and O–H groups in total. The molecule has 0 bridgehead atoms. The summed E-state index contributed by atoms with van der Waals surface area (Å²) in [6.07, 6.45) is 0.971. The highest BCUT2D eigenvalue weighted by Gasteiger charge is 2.21. The molecule has 0 aromatic heterocycles. The average Bonchev–Trinajstić information content (AvgIpc) is 2.75. The van der Waals surface area contributed by atoms with Gasteiger partial charge in [-0.3, -0.25) is 0 Å². The molecule has 0 saturated carbocycles. The van der Waals surface area contributed by atoms with Crippen LogP contribution in [-0.2, 0) is 4.74 Å². The first-order valence-electron chi connectivity index (χ1n) is 7.00. The first kappa shape index (κ1) is 13.2. The van der Waals surface area contributed by atoms with E-state index in [1.54, 1.807) is 12.1 Å². The van der Waals surface area contributed by atoms with Gasteiger partial charge in [0.25, 0.3) is 0 Å². The highest BCUT2D eigenvalue weighted by atomic mass is 16.5. The van der Waals surface area contributed by atoms with Crippen LogP contribution in [0.3, 0.4) is 0 Å². The minimum atomic E-state index is 0.156. The predicted octanol–water partition coefficient (Wildman–Crippen LogP) is 3.18. The topological polar surface area (TPSA) is 41.5 Å². The minimum Gasteiger partial charge on any atom is -0.508 e. The van der Waals surface area contributed by atoms with Crippen LogP contribution in [0, 0.1) is 0 Å². The summed E-state index contributed by atoms with van der Waals surface area (Å²) < 4.78 is 5.72. The summed E-state index contributed by atoms with van der Waals surface area (Å²) in [6.45, 7) is 1.43. The highest BCUT2D eigenvalue weighted by molar-refractivity contribution is 5.29. The summed E-state index contributed by atoms with van der Waals surface area (Å²) in [7, 11) is 0. The first-order chi connectivity index (χ1) is 9.83. The third-order valence-electron chi connectivity index (χ3n) is 3.74. The van der Waals surface area contributed by atoms with E-state index in [2.05, 4.69) is 29.6 Å². The van der Waals surface area contributed by atoms with Crippen LogP contribution in [-0.4, -0.2) is 18.3 Å². The number of ether oxygens (including phenoxy) is 1. The van der Waals surface area contributed by atoms with Gasteiger partial charge in [0.1, 0.15) is 5.75 Å². The summed E-state index contributed by atoms with van der Waals surface area (Å²) in [6, 6.07) is 18.3. The first-order valence-corrected chi connectivity index (χ1v) is 7.00. The second-order valence-electron chi connectivity index (χ2n) is 5.14. The van der Waals surface area contributed by atoms with E-state index < -0.39 is 0 Å². The van der Waals surface area contributed by atoms with Crippen molar-refractivity contribution in [2.24, 2.45) is 0 Å². The molecule has 2 atom stereocenters. The van der Waals surface area contributed by atoms with Gasteiger partial charge in [0, 0.05) is 12.6 Å². The molecule has 20 heavy (non-hydrogen) atoms. The van der Waals surface area contributed by atoms with Gasteiger partial charge >= 0.3 is 0 Å². The lowest BCUT2D eigenvalue weighted by atomic mass is 10.0. The van der Waals surface area contributed by atoms with Crippen molar-refractivity contribution < 1.29 is 9.84 Å². The Bertz CT molecular complexity index is 539. The molecule has 1 aliphatic heterocycles.